The summed E-state index contributed by atoms with van der Waals surface area (Å²) >= 11 is 0. The van der Waals surface area contributed by atoms with Crippen molar-refractivity contribution in [3.8, 4) is 0 Å². The van der Waals surface area contributed by atoms with E-state index in [0.717, 1.165) is 18.2 Å². The van der Waals surface area contributed by atoms with E-state index in [-0.39, 0.29) is 11.6 Å². The van der Waals surface area contributed by atoms with Crippen LogP contribution in [0.2, 0.25) is 0 Å². The molecule has 0 radical (unpaired) electrons. The SMILES string of the molecule is Cc1cn2cc(NC(=O)c3ccc(C4C[C@@H](C)N[C@@H](C)C4)c4ccnnc34)cc(F)c2n1. The minimum Gasteiger partial charge on any atom is -0.320 e. The molecule has 4 heterocycles. The molecule has 0 aliphatic carbocycles. The molecule has 0 bridgehead atoms. The quantitative estimate of drug-likeness (QED) is 0.506. The number of carbonyl (C=O) groups excluding carboxylic acids is 1. The number of amides is 1. The third kappa shape index (κ3) is 3.71. The molecule has 2 N–H and O–H groups in total. The topological polar surface area (TPSA) is 84.2 Å². The molecule has 3 aromatic heterocycles. The van der Waals surface area contributed by atoms with Gasteiger partial charge in [0.2, 0.25) is 0 Å². The van der Waals surface area contributed by atoms with Gasteiger partial charge in [0, 0.05) is 35.9 Å². The fraction of sp³-hybridized carbons (Fsp3) is 0.333. The number of carbonyl (C=O) groups is 1. The number of aryl methyl sites for hydroxylation is 1. The van der Waals surface area contributed by atoms with Gasteiger partial charge in [-0.3, -0.25) is 4.79 Å². The number of pyridine rings is 1. The largest absolute Gasteiger partial charge is 0.320 e. The summed E-state index contributed by atoms with van der Waals surface area (Å²) in [5.41, 5.74) is 3.43. The number of aromatic nitrogens is 4. The van der Waals surface area contributed by atoms with Crippen molar-refractivity contribution >= 4 is 28.1 Å². The van der Waals surface area contributed by atoms with E-state index < -0.39 is 5.82 Å². The van der Waals surface area contributed by atoms with Crippen LogP contribution in [0.3, 0.4) is 0 Å². The average molecular weight is 433 g/mol. The van der Waals surface area contributed by atoms with E-state index >= 15 is 0 Å². The number of anilines is 1. The highest BCUT2D eigenvalue weighted by atomic mass is 19.1. The smallest absolute Gasteiger partial charge is 0.257 e. The molecule has 1 aliphatic heterocycles. The standard InChI is InChI=1S/C24H25FN6O/c1-13-8-16(9-14(2)27-13)18-4-5-20(22-19(18)6-7-26-30-22)24(32)29-17-10-21(25)23-28-15(3)11-31(23)12-17/h4-7,10-14,16,27H,8-9H2,1-3H3,(H,29,32)/t13-,14+,16?. The van der Waals surface area contributed by atoms with Crippen LogP contribution in [-0.2, 0) is 0 Å². The number of benzene rings is 1. The first-order chi connectivity index (χ1) is 15.4. The lowest BCUT2D eigenvalue weighted by molar-refractivity contribution is 0.102. The van der Waals surface area contributed by atoms with E-state index in [1.165, 1.54) is 11.6 Å². The van der Waals surface area contributed by atoms with E-state index in [4.69, 9.17) is 0 Å². The van der Waals surface area contributed by atoms with Crippen molar-refractivity contribution in [1.82, 2.24) is 24.9 Å². The van der Waals surface area contributed by atoms with Gasteiger partial charge in [-0.25, -0.2) is 9.37 Å². The molecule has 0 saturated carbocycles. The van der Waals surface area contributed by atoms with Crippen LogP contribution in [0.4, 0.5) is 10.1 Å². The summed E-state index contributed by atoms with van der Waals surface area (Å²) < 4.78 is 16.0. The Morgan fingerprint density at radius 1 is 1.19 bits per heavy atom. The Hall–Kier alpha value is -3.39. The zero-order chi connectivity index (χ0) is 22.4. The third-order valence-electron chi connectivity index (χ3n) is 6.13. The van der Waals surface area contributed by atoms with Crippen LogP contribution >= 0.6 is 0 Å². The van der Waals surface area contributed by atoms with E-state index in [9.17, 15) is 9.18 Å². The Morgan fingerprint density at radius 2 is 1.97 bits per heavy atom. The summed E-state index contributed by atoms with van der Waals surface area (Å²) in [6.07, 6.45) is 7.07. The van der Waals surface area contributed by atoms with Gasteiger partial charge in [-0.15, -0.1) is 5.10 Å². The molecule has 8 heteroatoms. The number of rotatable bonds is 3. The van der Waals surface area contributed by atoms with Crippen molar-refractivity contribution in [3.63, 3.8) is 0 Å². The van der Waals surface area contributed by atoms with E-state index in [0.29, 0.717) is 40.5 Å². The second kappa shape index (κ2) is 7.94. The molecule has 1 unspecified atom stereocenters. The van der Waals surface area contributed by atoms with Crippen molar-refractivity contribution < 1.29 is 9.18 Å². The number of piperidine rings is 1. The van der Waals surface area contributed by atoms with Gasteiger partial charge in [-0.1, -0.05) is 6.07 Å². The van der Waals surface area contributed by atoms with Crippen molar-refractivity contribution in [3.05, 3.63) is 65.5 Å². The fourth-order valence-corrected chi connectivity index (χ4v) is 4.92. The summed E-state index contributed by atoms with van der Waals surface area (Å²) in [5, 5.41) is 15.6. The van der Waals surface area contributed by atoms with Gasteiger partial charge in [0.1, 0.15) is 5.52 Å². The number of hydrogen-bond acceptors (Lipinski definition) is 5. The summed E-state index contributed by atoms with van der Waals surface area (Å²) in [5.74, 6) is -0.472. The lowest BCUT2D eigenvalue weighted by atomic mass is 9.82. The van der Waals surface area contributed by atoms with Crippen LogP contribution in [0.1, 0.15) is 54.2 Å². The second-order valence-electron chi connectivity index (χ2n) is 8.78. The van der Waals surface area contributed by atoms with Crippen LogP contribution < -0.4 is 10.6 Å². The lowest BCUT2D eigenvalue weighted by Crippen LogP contribution is -2.41. The summed E-state index contributed by atoms with van der Waals surface area (Å²) in [7, 11) is 0. The molecule has 1 aliphatic rings. The van der Waals surface area contributed by atoms with Gasteiger partial charge in [-0.05, 0) is 57.2 Å². The molecular weight excluding hydrogens is 407 g/mol. The summed E-state index contributed by atoms with van der Waals surface area (Å²) in [4.78, 5) is 17.3. The van der Waals surface area contributed by atoms with Gasteiger partial charge in [0.15, 0.2) is 11.5 Å². The number of nitrogens with one attached hydrogen (secondary N) is 2. The zero-order valence-corrected chi connectivity index (χ0v) is 18.3. The van der Waals surface area contributed by atoms with Gasteiger partial charge >= 0.3 is 0 Å². The first kappa shape index (κ1) is 20.5. The number of fused-ring (bicyclic) bond motifs is 2. The molecular formula is C24H25FN6O. The highest BCUT2D eigenvalue weighted by molar-refractivity contribution is 6.12. The molecule has 1 amide bonds. The maximum atomic E-state index is 14.4. The highest BCUT2D eigenvalue weighted by Gasteiger charge is 2.27. The molecule has 5 rings (SSSR count). The maximum Gasteiger partial charge on any atom is 0.257 e. The fourth-order valence-electron chi connectivity index (χ4n) is 4.92. The monoisotopic (exact) mass is 432 g/mol. The molecule has 3 atom stereocenters. The first-order valence-corrected chi connectivity index (χ1v) is 10.9. The normalized spacial score (nSPS) is 21.2. The van der Waals surface area contributed by atoms with Gasteiger partial charge in [0.05, 0.1) is 23.1 Å². The predicted octanol–water partition coefficient (Wildman–Crippen LogP) is 4.22. The van der Waals surface area contributed by atoms with E-state index in [2.05, 4.69) is 39.7 Å². The Kier molecular flexibility index (Phi) is 5.09. The molecule has 32 heavy (non-hydrogen) atoms. The highest BCUT2D eigenvalue weighted by Crippen LogP contribution is 2.35. The van der Waals surface area contributed by atoms with Crippen molar-refractivity contribution in [2.45, 2.75) is 51.6 Å². The van der Waals surface area contributed by atoms with Crippen LogP contribution in [0, 0.1) is 12.7 Å². The average Bonchev–Trinajstić information content (AvgIpc) is 3.13. The number of imidazole rings is 1. The molecule has 1 saturated heterocycles. The molecule has 4 aromatic rings. The number of halogens is 1. The van der Waals surface area contributed by atoms with Crippen molar-refractivity contribution in [2.24, 2.45) is 0 Å². The zero-order valence-electron chi connectivity index (χ0n) is 18.3. The van der Waals surface area contributed by atoms with Crippen molar-refractivity contribution in [1.29, 1.82) is 0 Å². The minimum absolute atomic E-state index is 0.228. The molecule has 1 aromatic carbocycles. The number of hydrogen-bond donors (Lipinski definition) is 2. The Morgan fingerprint density at radius 3 is 2.75 bits per heavy atom. The van der Waals surface area contributed by atoms with E-state index in [1.807, 2.05) is 12.1 Å². The van der Waals surface area contributed by atoms with Crippen LogP contribution in [0.25, 0.3) is 16.6 Å². The van der Waals surface area contributed by atoms with Crippen LogP contribution in [0.15, 0.2) is 42.9 Å². The first-order valence-electron chi connectivity index (χ1n) is 10.9. The Bertz CT molecular complexity index is 1320. The second-order valence-corrected chi connectivity index (χ2v) is 8.78. The van der Waals surface area contributed by atoms with Crippen LogP contribution in [-0.4, -0.2) is 37.6 Å². The van der Waals surface area contributed by atoms with Crippen molar-refractivity contribution in [2.75, 3.05) is 5.32 Å². The molecule has 1 fully saturated rings. The molecule has 0 spiro atoms. The summed E-state index contributed by atoms with van der Waals surface area (Å²) in [6, 6.07) is 7.87. The van der Waals surface area contributed by atoms with Crippen LogP contribution in [0.5, 0.6) is 0 Å². The van der Waals surface area contributed by atoms with Gasteiger partial charge in [0.25, 0.3) is 5.91 Å². The van der Waals surface area contributed by atoms with Gasteiger partial charge in [-0.2, -0.15) is 5.10 Å². The Balaban J connectivity index is 1.50. The summed E-state index contributed by atoms with van der Waals surface area (Å²) in [6.45, 7) is 6.19. The third-order valence-corrected chi connectivity index (χ3v) is 6.13. The molecule has 164 valence electrons. The Labute approximate surface area is 185 Å². The maximum absolute atomic E-state index is 14.4. The predicted molar refractivity (Wildman–Crippen MR) is 121 cm³/mol. The number of nitrogens with zero attached hydrogens (tertiary/aromatic N) is 4. The molecule has 7 nitrogen and oxygen atoms in total. The minimum atomic E-state index is -0.495. The van der Waals surface area contributed by atoms with E-state index in [1.54, 1.807) is 36.0 Å². The van der Waals surface area contributed by atoms with Gasteiger partial charge < -0.3 is 15.0 Å². The lowest BCUT2D eigenvalue weighted by Gasteiger charge is -2.33.